The van der Waals surface area contributed by atoms with Crippen LogP contribution in [0.3, 0.4) is 0 Å². The average Bonchev–Trinajstić information content (AvgIpc) is 2.79. The highest BCUT2D eigenvalue weighted by Crippen LogP contribution is 2.64. The van der Waals surface area contributed by atoms with Crippen LogP contribution in [0.1, 0.15) is 30.9 Å². The molecule has 2 atom stereocenters. The molecule has 2 rings (SSSR count). The molecule has 1 fully saturated rings. The second-order valence-electron chi connectivity index (χ2n) is 5.38. The number of hydrogen-bond acceptors (Lipinski definition) is 1. The Balaban J connectivity index is 2.38. The molecule has 1 aliphatic carbocycles. The fourth-order valence-corrected chi connectivity index (χ4v) is 2.80. The molecule has 0 radical (unpaired) electrons. The minimum absolute atomic E-state index is 0.0239. The van der Waals surface area contributed by atoms with Crippen LogP contribution in [0.4, 0.5) is 17.6 Å². The average molecular weight is 261 g/mol. The number of hydrogen-bond donors (Lipinski definition) is 1. The summed E-state index contributed by atoms with van der Waals surface area (Å²) in [6, 6.07) is 3.23. The highest BCUT2D eigenvalue weighted by Gasteiger charge is 2.57. The third kappa shape index (κ3) is 2.00. The lowest BCUT2D eigenvalue weighted by atomic mass is 10.0. The van der Waals surface area contributed by atoms with Gasteiger partial charge in [0.2, 0.25) is 0 Å². The van der Waals surface area contributed by atoms with Crippen molar-refractivity contribution in [3.63, 3.8) is 0 Å². The van der Waals surface area contributed by atoms with E-state index in [0.717, 1.165) is 12.1 Å². The molecule has 0 heterocycles. The molecular weight excluding hydrogens is 246 g/mol. The van der Waals surface area contributed by atoms with Gasteiger partial charge >= 0.3 is 6.18 Å². The summed E-state index contributed by atoms with van der Waals surface area (Å²) in [4.78, 5) is 0. The first-order valence-corrected chi connectivity index (χ1v) is 5.76. The highest BCUT2D eigenvalue weighted by molar-refractivity contribution is 5.36. The molecule has 18 heavy (non-hydrogen) atoms. The van der Waals surface area contributed by atoms with E-state index in [2.05, 4.69) is 0 Å². The van der Waals surface area contributed by atoms with Crippen LogP contribution in [0.25, 0.3) is 0 Å². The van der Waals surface area contributed by atoms with Gasteiger partial charge in [0.15, 0.2) is 0 Å². The highest BCUT2D eigenvalue weighted by atomic mass is 19.4. The molecule has 0 spiro atoms. The Kier molecular flexibility index (Phi) is 2.93. The quantitative estimate of drug-likeness (QED) is 0.809. The summed E-state index contributed by atoms with van der Waals surface area (Å²) in [6.07, 6.45) is -4.66. The van der Waals surface area contributed by atoms with Crippen LogP contribution in [0, 0.1) is 17.2 Å². The lowest BCUT2D eigenvalue weighted by molar-refractivity contribution is -0.140. The normalized spacial score (nSPS) is 26.2. The Bertz CT molecular complexity index is 465. The smallest absolute Gasteiger partial charge is 0.330 e. The summed E-state index contributed by atoms with van der Waals surface area (Å²) in [5.41, 5.74) is 4.80. The summed E-state index contributed by atoms with van der Waals surface area (Å²) in [5.74, 6) is -1.10. The van der Waals surface area contributed by atoms with E-state index in [1.807, 2.05) is 13.8 Å². The fourth-order valence-electron chi connectivity index (χ4n) is 2.80. The van der Waals surface area contributed by atoms with Crippen molar-refractivity contribution >= 4 is 0 Å². The standard InChI is InChI=1S/C13H15F4N/c1-12(2)9(6-18)11(12)7-3-4-10(14)8(5-7)13(15,16)17/h3-5,9,11H,6,18H2,1-2H3/t9-,11-/m1/s1. The number of benzene rings is 1. The summed E-state index contributed by atoms with van der Waals surface area (Å²) >= 11 is 0. The first kappa shape index (κ1) is 13.3. The van der Waals surface area contributed by atoms with Crippen molar-refractivity contribution in [1.29, 1.82) is 0 Å². The molecule has 0 amide bonds. The maximum absolute atomic E-state index is 13.2. The molecule has 1 aromatic carbocycles. The minimum Gasteiger partial charge on any atom is -0.330 e. The Morgan fingerprint density at radius 2 is 1.89 bits per heavy atom. The molecule has 0 bridgehead atoms. The largest absolute Gasteiger partial charge is 0.419 e. The molecule has 0 unspecified atom stereocenters. The third-order valence-corrected chi connectivity index (χ3v) is 3.96. The van der Waals surface area contributed by atoms with Gasteiger partial charge in [-0.25, -0.2) is 4.39 Å². The van der Waals surface area contributed by atoms with E-state index < -0.39 is 17.6 Å². The maximum atomic E-state index is 13.2. The second kappa shape index (κ2) is 3.95. The van der Waals surface area contributed by atoms with Gasteiger partial charge in [0.1, 0.15) is 5.82 Å². The van der Waals surface area contributed by atoms with E-state index in [4.69, 9.17) is 5.73 Å². The molecule has 0 aromatic heterocycles. The lowest BCUT2D eigenvalue weighted by Crippen LogP contribution is -2.09. The van der Waals surface area contributed by atoms with Gasteiger partial charge < -0.3 is 5.73 Å². The van der Waals surface area contributed by atoms with Gasteiger partial charge in [0.05, 0.1) is 5.56 Å². The SMILES string of the molecule is CC1(C)[C@H](CN)[C@H]1c1ccc(F)c(C(F)(F)F)c1. The number of nitrogens with two attached hydrogens (primary N) is 1. The first-order valence-electron chi connectivity index (χ1n) is 5.76. The van der Waals surface area contributed by atoms with Crippen molar-refractivity contribution in [3.05, 3.63) is 35.1 Å². The van der Waals surface area contributed by atoms with E-state index in [1.54, 1.807) is 0 Å². The molecule has 1 aliphatic rings. The van der Waals surface area contributed by atoms with Gasteiger partial charge in [-0.2, -0.15) is 13.2 Å². The van der Waals surface area contributed by atoms with Gasteiger partial charge in [0, 0.05) is 0 Å². The van der Waals surface area contributed by atoms with Crippen molar-refractivity contribution in [2.24, 2.45) is 17.1 Å². The molecule has 1 nitrogen and oxygen atoms in total. The van der Waals surface area contributed by atoms with Crippen molar-refractivity contribution in [2.75, 3.05) is 6.54 Å². The summed E-state index contributed by atoms with van der Waals surface area (Å²) < 4.78 is 51.0. The van der Waals surface area contributed by atoms with E-state index in [1.165, 1.54) is 6.07 Å². The molecule has 100 valence electrons. The van der Waals surface area contributed by atoms with Crippen LogP contribution in [-0.2, 0) is 6.18 Å². The van der Waals surface area contributed by atoms with Gasteiger partial charge in [0.25, 0.3) is 0 Å². The number of halogens is 4. The van der Waals surface area contributed by atoms with Gasteiger partial charge in [-0.05, 0) is 41.5 Å². The zero-order valence-corrected chi connectivity index (χ0v) is 10.2. The van der Waals surface area contributed by atoms with Crippen molar-refractivity contribution < 1.29 is 17.6 Å². The zero-order chi connectivity index (χ0) is 13.7. The van der Waals surface area contributed by atoms with Gasteiger partial charge in [-0.1, -0.05) is 19.9 Å². The summed E-state index contributed by atoms with van der Waals surface area (Å²) in [6.45, 7) is 4.36. The van der Waals surface area contributed by atoms with Crippen molar-refractivity contribution in [2.45, 2.75) is 25.9 Å². The topological polar surface area (TPSA) is 26.0 Å². The Labute approximate surface area is 103 Å². The lowest BCUT2D eigenvalue weighted by Gasteiger charge is -2.10. The van der Waals surface area contributed by atoms with Crippen LogP contribution in [-0.4, -0.2) is 6.54 Å². The molecular formula is C13H15F4N. The van der Waals surface area contributed by atoms with Crippen LogP contribution >= 0.6 is 0 Å². The van der Waals surface area contributed by atoms with Crippen molar-refractivity contribution in [3.8, 4) is 0 Å². The molecule has 0 saturated heterocycles. The second-order valence-corrected chi connectivity index (χ2v) is 5.38. The molecule has 0 aliphatic heterocycles. The number of alkyl halides is 3. The minimum atomic E-state index is -4.66. The van der Waals surface area contributed by atoms with E-state index in [-0.39, 0.29) is 17.3 Å². The zero-order valence-electron chi connectivity index (χ0n) is 10.2. The van der Waals surface area contributed by atoms with Crippen LogP contribution in [0.15, 0.2) is 18.2 Å². The summed E-state index contributed by atoms with van der Waals surface area (Å²) in [7, 11) is 0. The van der Waals surface area contributed by atoms with Gasteiger partial charge in [-0.15, -0.1) is 0 Å². The molecule has 1 saturated carbocycles. The Morgan fingerprint density at radius 1 is 1.28 bits per heavy atom. The van der Waals surface area contributed by atoms with E-state index in [9.17, 15) is 17.6 Å². The number of rotatable bonds is 2. The molecule has 1 aromatic rings. The van der Waals surface area contributed by atoms with Crippen molar-refractivity contribution in [1.82, 2.24) is 0 Å². The van der Waals surface area contributed by atoms with E-state index in [0.29, 0.717) is 12.1 Å². The third-order valence-electron chi connectivity index (χ3n) is 3.96. The van der Waals surface area contributed by atoms with Crippen LogP contribution in [0.2, 0.25) is 0 Å². The maximum Gasteiger partial charge on any atom is 0.419 e. The predicted molar refractivity (Wildman–Crippen MR) is 60.5 cm³/mol. The molecule has 5 heteroatoms. The first-order chi connectivity index (χ1) is 8.19. The van der Waals surface area contributed by atoms with Gasteiger partial charge in [-0.3, -0.25) is 0 Å². The Hall–Kier alpha value is -1.10. The summed E-state index contributed by atoms with van der Waals surface area (Å²) in [5, 5.41) is 0. The van der Waals surface area contributed by atoms with Crippen LogP contribution < -0.4 is 5.73 Å². The fraction of sp³-hybridized carbons (Fsp3) is 0.538. The predicted octanol–water partition coefficient (Wildman–Crippen LogP) is 3.54. The van der Waals surface area contributed by atoms with Crippen LogP contribution in [0.5, 0.6) is 0 Å². The molecule has 2 N–H and O–H groups in total. The van der Waals surface area contributed by atoms with E-state index >= 15 is 0 Å². The Morgan fingerprint density at radius 3 is 2.33 bits per heavy atom. The monoisotopic (exact) mass is 261 g/mol.